The second-order valence-corrected chi connectivity index (χ2v) is 7.71. The van der Waals surface area contributed by atoms with Gasteiger partial charge in [0.1, 0.15) is 11.4 Å². The lowest BCUT2D eigenvalue weighted by atomic mass is 10.2. The van der Waals surface area contributed by atoms with Crippen LogP contribution < -0.4 is 10.1 Å². The topological polar surface area (TPSA) is 112 Å². The third-order valence-corrected chi connectivity index (χ3v) is 5.43. The van der Waals surface area contributed by atoms with Crippen LogP contribution in [0.25, 0.3) is 0 Å². The highest BCUT2D eigenvalue weighted by molar-refractivity contribution is 7.99. The van der Waals surface area contributed by atoms with Crippen molar-refractivity contribution in [2.45, 2.75) is 38.6 Å². The lowest BCUT2D eigenvalue weighted by molar-refractivity contribution is -0.383. The van der Waals surface area contributed by atoms with Crippen LogP contribution in [0.3, 0.4) is 0 Å². The summed E-state index contributed by atoms with van der Waals surface area (Å²) in [6.45, 7) is 6.48. The van der Waals surface area contributed by atoms with E-state index < -0.39 is 4.92 Å². The van der Waals surface area contributed by atoms with E-state index in [0.29, 0.717) is 17.5 Å². The molecule has 0 saturated heterocycles. The number of hydrogen-bond acceptors (Lipinski definition) is 7. The molecule has 3 aromatic rings. The quantitative estimate of drug-likeness (QED) is 0.298. The summed E-state index contributed by atoms with van der Waals surface area (Å²) in [4.78, 5) is 22.9. The highest BCUT2D eigenvalue weighted by atomic mass is 32.2. The van der Waals surface area contributed by atoms with Gasteiger partial charge < -0.3 is 14.6 Å². The maximum absolute atomic E-state index is 12.3. The Hall–Kier alpha value is -3.40. The smallest absolute Gasteiger partial charge is 0.292 e. The molecule has 0 bridgehead atoms. The van der Waals surface area contributed by atoms with Crippen molar-refractivity contribution in [1.82, 2.24) is 14.8 Å². The van der Waals surface area contributed by atoms with E-state index in [4.69, 9.17) is 4.74 Å². The van der Waals surface area contributed by atoms with Gasteiger partial charge in [-0.1, -0.05) is 41.6 Å². The van der Waals surface area contributed by atoms with Crippen LogP contribution in [0.4, 0.5) is 11.4 Å². The van der Waals surface area contributed by atoms with Gasteiger partial charge in [0.05, 0.1) is 10.7 Å². The minimum atomic E-state index is -0.530. The van der Waals surface area contributed by atoms with Gasteiger partial charge in [-0.25, -0.2) is 0 Å². The number of rotatable bonds is 9. The fourth-order valence-electron chi connectivity index (χ4n) is 2.93. The molecule has 1 amide bonds. The van der Waals surface area contributed by atoms with Crippen LogP contribution in [-0.2, 0) is 11.3 Å². The molecule has 0 aliphatic heterocycles. The summed E-state index contributed by atoms with van der Waals surface area (Å²) in [7, 11) is 0. The van der Waals surface area contributed by atoms with E-state index in [2.05, 4.69) is 15.5 Å². The normalized spacial score (nSPS) is 11.7. The predicted octanol–water partition coefficient (Wildman–Crippen LogP) is 4.39. The number of thioether (sulfide) groups is 1. The summed E-state index contributed by atoms with van der Waals surface area (Å²) < 4.78 is 7.87. The number of ether oxygens (including phenoxy) is 1. The first-order valence-corrected chi connectivity index (χ1v) is 10.7. The fraction of sp³-hybridized carbons (Fsp3) is 0.286. The Morgan fingerprint density at radius 1 is 1.23 bits per heavy atom. The third kappa shape index (κ3) is 5.60. The van der Waals surface area contributed by atoms with Gasteiger partial charge in [0.2, 0.25) is 5.91 Å². The minimum absolute atomic E-state index is 0.0391. The first-order valence-electron chi connectivity index (χ1n) is 9.71. The van der Waals surface area contributed by atoms with Crippen LogP contribution in [0.5, 0.6) is 5.75 Å². The van der Waals surface area contributed by atoms with Crippen molar-refractivity contribution in [1.29, 1.82) is 0 Å². The van der Waals surface area contributed by atoms with Gasteiger partial charge in [-0.3, -0.25) is 14.9 Å². The summed E-state index contributed by atoms with van der Waals surface area (Å²) in [5, 5.41) is 22.7. The first kappa shape index (κ1) is 22.3. The van der Waals surface area contributed by atoms with E-state index in [1.54, 1.807) is 12.1 Å². The number of aromatic nitrogens is 3. The highest BCUT2D eigenvalue weighted by Gasteiger charge is 2.20. The maximum atomic E-state index is 12.3. The van der Waals surface area contributed by atoms with E-state index in [1.165, 1.54) is 23.9 Å². The molecule has 31 heavy (non-hydrogen) atoms. The molecule has 1 atom stereocenters. The maximum Gasteiger partial charge on any atom is 0.292 e. The summed E-state index contributed by atoms with van der Waals surface area (Å²) in [5.74, 6) is 1.07. The number of benzene rings is 2. The molecule has 2 aromatic carbocycles. The summed E-state index contributed by atoms with van der Waals surface area (Å²) in [6, 6.07) is 13.8. The second kappa shape index (κ2) is 10.1. The van der Waals surface area contributed by atoms with Crippen molar-refractivity contribution in [3.8, 4) is 5.75 Å². The van der Waals surface area contributed by atoms with Crippen molar-refractivity contribution in [2.75, 3.05) is 11.1 Å². The van der Waals surface area contributed by atoms with Crippen molar-refractivity contribution >= 4 is 29.0 Å². The number of carbonyl (C=O) groups is 1. The Kier molecular flexibility index (Phi) is 7.24. The van der Waals surface area contributed by atoms with Crippen LogP contribution in [0, 0.1) is 17.0 Å². The molecule has 10 heteroatoms. The number of carbonyl (C=O) groups excluding carboxylic acids is 1. The number of nitrogens with zero attached hydrogens (tertiary/aromatic N) is 4. The Morgan fingerprint density at radius 3 is 2.61 bits per heavy atom. The number of hydrogen-bond donors (Lipinski definition) is 1. The average molecular weight is 442 g/mol. The van der Waals surface area contributed by atoms with Crippen LogP contribution in [0.15, 0.2) is 53.7 Å². The molecular weight excluding hydrogens is 418 g/mol. The van der Waals surface area contributed by atoms with Crippen molar-refractivity contribution in [3.63, 3.8) is 0 Å². The molecule has 0 fully saturated rings. The number of nitrogens with one attached hydrogen (secondary N) is 1. The van der Waals surface area contributed by atoms with Crippen molar-refractivity contribution in [2.24, 2.45) is 0 Å². The number of nitro benzene ring substituents is 1. The molecule has 9 nitrogen and oxygen atoms in total. The van der Waals surface area contributed by atoms with Gasteiger partial charge in [0.25, 0.3) is 5.69 Å². The zero-order valence-electron chi connectivity index (χ0n) is 17.4. The highest BCUT2D eigenvalue weighted by Crippen LogP contribution is 2.26. The second-order valence-electron chi connectivity index (χ2n) is 6.77. The van der Waals surface area contributed by atoms with Gasteiger partial charge in [0, 0.05) is 12.6 Å². The lowest BCUT2D eigenvalue weighted by Gasteiger charge is -2.15. The number of para-hydroxylation sites is 2. The fourth-order valence-corrected chi connectivity index (χ4v) is 3.74. The molecular formula is C21H23N5O4S. The molecule has 0 aliphatic carbocycles. The Balaban J connectivity index is 1.65. The zero-order chi connectivity index (χ0) is 22.4. The number of amides is 1. The predicted molar refractivity (Wildman–Crippen MR) is 118 cm³/mol. The molecule has 1 aromatic heterocycles. The van der Waals surface area contributed by atoms with E-state index >= 15 is 0 Å². The van der Waals surface area contributed by atoms with Crippen LogP contribution in [-0.4, -0.2) is 31.3 Å². The number of anilines is 1. The van der Waals surface area contributed by atoms with Crippen molar-refractivity contribution in [3.05, 3.63) is 70.0 Å². The van der Waals surface area contributed by atoms with Crippen LogP contribution in [0.2, 0.25) is 0 Å². The van der Waals surface area contributed by atoms with E-state index in [9.17, 15) is 14.9 Å². The molecule has 3 rings (SSSR count). The SMILES string of the molecule is CCn1c(SCC(=O)Nc2ccccc2[N+](=O)[O-])nnc1C(C)Oc1ccc(C)cc1. The molecule has 1 unspecified atom stereocenters. The van der Waals surface area contributed by atoms with Gasteiger partial charge >= 0.3 is 0 Å². The summed E-state index contributed by atoms with van der Waals surface area (Å²) in [5.41, 5.74) is 1.16. The van der Waals surface area contributed by atoms with Gasteiger partial charge in [0.15, 0.2) is 17.1 Å². The Labute approximate surface area is 184 Å². The van der Waals surface area contributed by atoms with Gasteiger partial charge in [-0.05, 0) is 39.0 Å². The third-order valence-electron chi connectivity index (χ3n) is 4.47. The lowest BCUT2D eigenvalue weighted by Crippen LogP contribution is -2.16. The van der Waals surface area contributed by atoms with Crippen molar-refractivity contribution < 1.29 is 14.5 Å². The minimum Gasteiger partial charge on any atom is -0.483 e. The molecule has 1 N–H and O–H groups in total. The van der Waals surface area contributed by atoms with E-state index in [1.807, 2.05) is 49.6 Å². The average Bonchev–Trinajstić information content (AvgIpc) is 3.17. The molecule has 0 radical (unpaired) electrons. The molecule has 0 spiro atoms. The summed E-state index contributed by atoms with van der Waals surface area (Å²) in [6.07, 6.45) is -0.328. The van der Waals surface area contributed by atoms with Gasteiger partial charge in [-0.2, -0.15) is 0 Å². The molecule has 1 heterocycles. The molecule has 0 saturated carbocycles. The Morgan fingerprint density at radius 2 is 1.94 bits per heavy atom. The Bertz CT molecular complexity index is 1070. The van der Waals surface area contributed by atoms with Gasteiger partial charge in [-0.15, -0.1) is 10.2 Å². The number of aryl methyl sites for hydroxylation is 1. The van der Waals surface area contributed by atoms with E-state index in [-0.39, 0.29) is 29.1 Å². The monoisotopic (exact) mass is 441 g/mol. The molecule has 0 aliphatic rings. The summed E-state index contributed by atoms with van der Waals surface area (Å²) >= 11 is 1.21. The van der Waals surface area contributed by atoms with Crippen LogP contribution in [0.1, 0.15) is 31.3 Å². The van der Waals surface area contributed by atoms with Crippen LogP contribution >= 0.6 is 11.8 Å². The molecule has 162 valence electrons. The largest absolute Gasteiger partial charge is 0.483 e. The van der Waals surface area contributed by atoms with E-state index in [0.717, 1.165) is 11.3 Å². The standard InChI is InChI=1S/C21H23N5O4S/c1-4-25-20(15(3)30-16-11-9-14(2)10-12-16)23-24-21(25)31-13-19(27)22-17-7-5-6-8-18(17)26(28)29/h5-12,15H,4,13H2,1-3H3,(H,22,27). The number of nitro groups is 1. The zero-order valence-corrected chi connectivity index (χ0v) is 18.3. The first-order chi connectivity index (χ1) is 14.9.